The van der Waals surface area contributed by atoms with Gasteiger partial charge in [-0.25, -0.2) is 9.98 Å². The monoisotopic (exact) mass is 480 g/mol. The molecule has 1 amide bonds. The molecule has 0 aromatic carbocycles. The summed E-state index contributed by atoms with van der Waals surface area (Å²) in [5.74, 6) is 1.85. The van der Waals surface area contributed by atoms with Crippen molar-refractivity contribution in [2.24, 2.45) is 21.9 Å². The van der Waals surface area contributed by atoms with Crippen molar-refractivity contribution >= 4 is 40.1 Å². The molecule has 1 unspecified atom stereocenters. The molecule has 8 heteroatoms. The van der Waals surface area contributed by atoms with E-state index in [9.17, 15) is 0 Å². The summed E-state index contributed by atoms with van der Waals surface area (Å²) >= 11 is 2.02. The third kappa shape index (κ3) is 4.49. The molecule has 1 atom stereocenters. The van der Waals surface area contributed by atoms with E-state index < -0.39 is 0 Å². The number of amides is 1. The van der Waals surface area contributed by atoms with Crippen molar-refractivity contribution in [2.45, 2.75) is 58.8 Å². The van der Waals surface area contributed by atoms with Gasteiger partial charge in [0.15, 0.2) is 5.82 Å². The quantitative estimate of drug-likeness (QED) is 0.270. The number of fused-ring (bicyclic) bond motifs is 1. The average molecular weight is 481 g/mol. The predicted octanol–water partition coefficient (Wildman–Crippen LogP) is 5.03. The first-order valence-corrected chi connectivity index (χ1v) is 12.9. The molecule has 4 heterocycles. The Balaban J connectivity index is 0.000000868. The number of H-pyrrole nitrogens is 1. The summed E-state index contributed by atoms with van der Waals surface area (Å²) in [6, 6.07) is 4.59. The van der Waals surface area contributed by atoms with Crippen LogP contribution in [0.3, 0.4) is 0 Å². The van der Waals surface area contributed by atoms with Crippen molar-refractivity contribution in [1.82, 2.24) is 14.9 Å². The Morgan fingerprint density at radius 3 is 2.71 bits per heavy atom. The molecule has 1 saturated heterocycles. The van der Waals surface area contributed by atoms with Gasteiger partial charge >= 0.3 is 0 Å². The van der Waals surface area contributed by atoms with Crippen LogP contribution in [-0.4, -0.2) is 47.3 Å². The topological polar surface area (TPSA) is 113 Å². The molecule has 0 radical (unpaired) electrons. The summed E-state index contributed by atoms with van der Waals surface area (Å²) in [7, 11) is 0. The number of aromatic nitrogens is 2. The maximum Gasteiger partial charge on any atom is 0.204 e. The lowest BCUT2D eigenvalue weighted by molar-refractivity contribution is -0.106. The summed E-state index contributed by atoms with van der Waals surface area (Å²) in [5, 5.41) is 0. The molecule has 7 nitrogen and oxygen atoms in total. The number of hydrogen-bond donors (Lipinski definition) is 3. The number of likely N-dealkylation sites (tertiary alicyclic amines) is 1. The highest BCUT2D eigenvalue weighted by molar-refractivity contribution is 7.19. The molecule has 1 saturated carbocycles. The van der Waals surface area contributed by atoms with E-state index in [0.29, 0.717) is 17.2 Å². The van der Waals surface area contributed by atoms with Gasteiger partial charge in [-0.15, -0.1) is 11.3 Å². The van der Waals surface area contributed by atoms with Gasteiger partial charge in [0.2, 0.25) is 6.41 Å². The number of aromatic amines is 1. The number of nitrogens with two attached hydrogens (primary N) is 2. The average Bonchev–Trinajstić information content (AvgIpc) is 3.46. The number of hydrogen-bond acceptors (Lipinski definition) is 5. The summed E-state index contributed by atoms with van der Waals surface area (Å²) in [6.07, 6.45) is 7.57. The molecular weight excluding hydrogens is 444 g/mol. The fraction of sp³-hybridized carbons (Fsp3) is 0.500. The molecule has 1 aliphatic carbocycles. The highest BCUT2D eigenvalue weighted by atomic mass is 32.1. The number of thiophene rings is 1. The Kier molecular flexibility index (Phi) is 7.09. The van der Waals surface area contributed by atoms with E-state index >= 15 is 0 Å². The van der Waals surface area contributed by atoms with E-state index in [4.69, 9.17) is 10.5 Å². The molecule has 1 spiro atoms. The lowest BCUT2D eigenvalue weighted by atomic mass is 9.77. The van der Waals surface area contributed by atoms with Gasteiger partial charge in [0.25, 0.3) is 0 Å². The second-order valence-corrected chi connectivity index (χ2v) is 11.1. The van der Waals surface area contributed by atoms with Gasteiger partial charge in [-0.3, -0.25) is 4.79 Å². The lowest BCUT2D eigenvalue weighted by Gasteiger charge is -2.48. The molecule has 182 valence electrons. The standard InChI is InChI=1S/C25H33N5S.CH3NO/c1-5-30-12-25(13-30)7-6-17(10-25)20-9-19-23(31-20)21(15(2)3)22(29-19)18-8-16(4)24(27-11-18)28-14-26;2-1-3/h8-9,11,14-15,17,29H,5-7,10,12-13H2,1-4H3,(H2,26,27,28);1H,(H2,2,3). The zero-order valence-electron chi connectivity index (χ0n) is 20.6. The Bertz CT molecular complexity index is 1190. The fourth-order valence-electron chi connectivity index (χ4n) is 5.77. The predicted molar refractivity (Wildman–Crippen MR) is 142 cm³/mol. The Labute approximate surface area is 205 Å². The molecular formula is C26H36N6OS. The van der Waals surface area contributed by atoms with Crippen LogP contribution in [0.1, 0.15) is 67.9 Å². The van der Waals surface area contributed by atoms with Crippen LogP contribution in [-0.2, 0) is 4.79 Å². The molecule has 2 fully saturated rings. The van der Waals surface area contributed by atoms with Crippen molar-refractivity contribution in [3.05, 3.63) is 34.3 Å². The van der Waals surface area contributed by atoms with Crippen LogP contribution in [0.25, 0.3) is 21.5 Å². The van der Waals surface area contributed by atoms with E-state index in [-0.39, 0.29) is 6.41 Å². The van der Waals surface area contributed by atoms with Crippen LogP contribution < -0.4 is 11.5 Å². The normalized spacial score (nSPS) is 19.6. The maximum absolute atomic E-state index is 8.58. The number of nitrogens with zero attached hydrogens (tertiary/aromatic N) is 3. The van der Waals surface area contributed by atoms with E-state index in [1.165, 1.54) is 66.7 Å². The minimum Gasteiger partial charge on any atom is -0.390 e. The summed E-state index contributed by atoms with van der Waals surface area (Å²) in [5.41, 5.74) is 16.3. The van der Waals surface area contributed by atoms with Crippen LogP contribution in [0.4, 0.5) is 5.82 Å². The highest BCUT2D eigenvalue weighted by Gasteiger charge is 2.47. The van der Waals surface area contributed by atoms with Gasteiger partial charge in [0.05, 0.1) is 22.2 Å². The summed E-state index contributed by atoms with van der Waals surface area (Å²) in [4.78, 5) is 25.2. The summed E-state index contributed by atoms with van der Waals surface area (Å²) in [6.45, 7) is 12.7. The minimum absolute atomic E-state index is 0.250. The zero-order chi connectivity index (χ0) is 24.5. The number of aliphatic imine (C=N–C) groups is 1. The number of primary amides is 1. The second-order valence-electron chi connectivity index (χ2n) is 9.98. The number of nitrogens with one attached hydrogen (secondary N) is 1. The van der Waals surface area contributed by atoms with Gasteiger partial charge in [0.1, 0.15) is 0 Å². The van der Waals surface area contributed by atoms with Crippen molar-refractivity contribution in [3.8, 4) is 11.3 Å². The van der Waals surface area contributed by atoms with Gasteiger partial charge in [-0.2, -0.15) is 0 Å². The van der Waals surface area contributed by atoms with Gasteiger partial charge in [0, 0.05) is 29.7 Å². The van der Waals surface area contributed by atoms with Crippen LogP contribution in [0, 0.1) is 12.3 Å². The molecule has 3 aromatic rings. The number of rotatable bonds is 5. The van der Waals surface area contributed by atoms with Gasteiger partial charge in [-0.05, 0) is 73.2 Å². The smallest absolute Gasteiger partial charge is 0.204 e. The fourth-order valence-corrected chi connectivity index (χ4v) is 7.22. The Morgan fingerprint density at radius 1 is 1.35 bits per heavy atom. The number of pyridine rings is 1. The van der Waals surface area contributed by atoms with E-state index in [2.05, 4.69) is 58.5 Å². The Morgan fingerprint density at radius 2 is 2.09 bits per heavy atom. The molecule has 1 aliphatic heterocycles. The number of carbonyl (C=O) groups is 1. The molecule has 3 aromatic heterocycles. The zero-order valence-corrected chi connectivity index (χ0v) is 21.4. The van der Waals surface area contributed by atoms with Crippen molar-refractivity contribution in [3.63, 3.8) is 0 Å². The van der Waals surface area contributed by atoms with Crippen molar-refractivity contribution in [1.29, 1.82) is 0 Å². The number of aryl methyl sites for hydroxylation is 1. The van der Waals surface area contributed by atoms with Crippen LogP contribution >= 0.6 is 11.3 Å². The van der Waals surface area contributed by atoms with Crippen molar-refractivity contribution < 1.29 is 4.79 Å². The van der Waals surface area contributed by atoms with Crippen LogP contribution in [0.5, 0.6) is 0 Å². The van der Waals surface area contributed by atoms with Crippen LogP contribution in [0.15, 0.2) is 23.3 Å². The third-order valence-electron chi connectivity index (χ3n) is 7.31. The number of carbonyl (C=O) groups excluding carboxylic acids is 1. The van der Waals surface area contributed by atoms with E-state index in [0.717, 1.165) is 17.0 Å². The maximum atomic E-state index is 8.58. The SMILES string of the molecule is CCN1CC2(CCC(c3cc4[nH]c(-c5cnc(N=CN)c(C)c5)c(C(C)C)c4s3)C2)C1.NC=O. The van der Waals surface area contributed by atoms with E-state index in [1.807, 2.05) is 24.5 Å². The minimum atomic E-state index is 0.250. The highest BCUT2D eigenvalue weighted by Crippen LogP contribution is 2.53. The van der Waals surface area contributed by atoms with Gasteiger partial charge < -0.3 is 21.4 Å². The first kappa shape index (κ1) is 24.4. The van der Waals surface area contributed by atoms with Crippen LogP contribution in [0.2, 0.25) is 0 Å². The molecule has 5 N–H and O–H groups in total. The van der Waals surface area contributed by atoms with Gasteiger partial charge in [-0.1, -0.05) is 20.8 Å². The lowest BCUT2D eigenvalue weighted by Crippen LogP contribution is -2.54. The molecule has 34 heavy (non-hydrogen) atoms. The molecule has 2 aliphatic rings. The van der Waals surface area contributed by atoms with E-state index in [1.54, 1.807) is 4.88 Å². The molecule has 0 bridgehead atoms. The first-order chi connectivity index (χ1) is 16.3. The van der Waals surface area contributed by atoms with Crippen molar-refractivity contribution in [2.75, 3.05) is 19.6 Å². The largest absolute Gasteiger partial charge is 0.390 e. The summed E-state index contributed by atoms with van der Waals surface area (Å²) < 4.78 is 1.42. The second kappa shape index (κ2) is 9.88. The molecule has 5 rings (SSSR count). The Hall–Kier alpha value is -2.71. The third-order valence-corrected chi connectivity index (χ3v) is 8.64. The first-order valence-electron chi connectivity index (χ1n) is 12.1.